The number of para-hydroxylation sites is 2. The summed E-state index contributed by atoms with van der Waals surface area (Å²) in [5.41, 5.74) is 1.79. The van der Waals surface area contributed by atoms with Gasteiger partial charge in [0, 0.05) is 16.7 Å². The van der Waals surface area contributed by atoms with E-state index in [1.165, 1.54) is 4.90 Å². The Labute approximate surface area is 146 Å². The number of nitrogens with zero attached hydrogens (tertiary/aromatic N) is 1. The number of hydrogen-bond acceptors (Lipinski definition) is 3. The molecule has 1 aliphatic rings. The molecule has 0 radical (unpaired) electrons. The summed E-state index contributed by atoms with van der Waals surface area (Å²) in [5.74, 6) is 0.0621. The van der Waals surface area contributed by atoms with Crippen LogP contribution in [0.5, 0.6) is 0 Å². The van der Waals surface area contributed by atoms with Gasteiger partial charge in [-0.1, -0.05) is 42.8 Å². The molecular weight excluding hydrogens is 328 g/mol. The fourth-order valence-electron chi connectivity index (χ4n) is 2.62. The highest BCUT2D eigenvalue weighted by molar-refractivity contribution is 8.00. The molecule has 3 nitrogen and oxygen atoms in total. The van der Waals surface area contributed by atoms with Gasteiger partial charge < -0.3 is 10.2 Å². The third-order valence-corrected chi connectivity index (χ3v) is 5.42. The first-order valence-electron chi connectivity index (χ1n) is 7.69. The number of carbonyl (C=O) groups is 1. The van der Waals surface area contributed by atoms with E-state index in [1.807, 2.05) is 59.1 Å². The summed E-state index contributed by atoms with van der Waals surface area (Å²) in [7, 11) is 0. The minimum Gasteiger partial charge on any atom is -0.375 e. The highest BCUT2D eigenvalue weighted by Crippen LogP contribution is 2.37. The van der Waals surface area contributed by atoms with Gasteiger partial charge in [-0.25, -0.2) is 0 Å². The molecule has 120 valence electrons. The first kappa shape index (κ1) is 16.2. The topological polar surface area (TPSA) is 32.3 Å². The molecule has 2 aromatic carbocycles. The number of rotatable bonds is 3. The highest BCUT2D eigenvalue weighted by atomic mass is 35.5. The molecule has 0 aromatic heterocycles. The van der Waals surface area contributed by atoms with Crippen molar-refractivity contribution < 1.29 is 4.79 Å². The molecule has 0 saturated carbocycles. The Morgan fingerprint density at radius 1 is 1.26 bits per heavy atom. The van der Waals surface area contributed by atoms with Crippen molar-refractivity contribution in [2.45, 2.75) is 23.5 Å². The van der Waals surface area contributed by atoms with Crippen molar-refractivity contribution in [1.82, 2.24) is 0 Å². The van der Waals surface area contributed by atoms with Crippen LogP contribution in [-0.4, -0.2) is 24.2 Å². The summed E-state index contributed by atoms with van der Waals surface area (Å²) in [4.78, 5) is 15.8. The van der Waals surface area contributed by atoms with E-state index in [9.17, 15) is 4.79 Å². The van der Waals surface area contributed by atoms with Gasteiger partial charge in [0.2, 0.25) is 5.91 Å². The lowest BCUT2D eigenvalue weighted by Gasteiger charge is -2.23. The molecule has 0 saturated heterocycles. The molecule has 1 unspecified atom stereocenters. The number of benzene rings is 2. The molecular formula is C18H19ClN2OS. The molecule has 0 spiro atoms. The van der Waals surface area contributed by atoms with E-state index in [2.05, 4.69) is 18.3 Å². The molecule has 1 amide bonds. The Balaban J connectivity index is 1.75. The Kier molecular flexibility index (Phi) is 5.13. The monoisotopic (exact) mass is 346 g/mol. The highest BCUT2D eigenvalue weighted by Gasteiger charge is 2.23. The number of hydrogen-bond donors (Lipinski definition) is 1. The summed E-state index contributed by atoms with van der Waals surface area (Å²) in [6, 6.07) is 15.6. The number of fused-ring (bicyclic) bond motifs is 1. The molecule has 0 fully saturated rings. The molecule has 1 N–H and O–H groups in total. The molecule has 1 heterocycles. The van der Waals surface area contributed by atoms with Crippen LogP contribution in [0.15, 0.2) is 53.4 Å². The average molecular weight is 347 g/mol. The number of thioether (sulfide) groups is 1. The van der Waals surface area contributed by atoms with Crippen LogP contribution in [0.25, 0.3) is 0 Å². The van der Waals surface area contributed by atoms with Crippen LogP contribution in [-0.2, 0) is 4.79 Å². The molecule has 0 aliphatic carbocycles. The van der Waals surface area contributed by atoms with Gasteiger partial charge >= 0.3 is 0 Å². The van der Waals surface area contributed by atoms with Gasteiger partial charge in [0.05, 0.1) is 22.9 Å². The lowest BCUT2D eigenvalue weighted by atomic mass is 10.2. The molecule has 3 rings (SSSR count). The second-order valence-electron chi connectivity index (χ2n) is 5.56. The fourth-order valence-corrected chi connectivity index (χ4v) is 3.93. The van der Waals surface area contributed by atoms with Gasteiger partial charge in [-0.15, -0.1) is 11.8 Å². The molecule has 2 aromatic rings. The SMILES string of the molecule is CC1CCN(C(=O)CNc2ccccc2Cl)c2ccccc2S1. The average Bonchev–Trinajstić information content (AvgIpc) is 2.72. The van der Waals surface area contributed by atoms with Gasteiger partial charge in [0.15, 0.2) is 0 Å². The molecule has 5 heteroatoms. The molecule has 23 heavy (non-hydrogen) atoms. The van der Waals surface area contributed by atoms with Crippen molar-refractivity contribution in [3.63, 3.8) is 0 Å². The first-order valence-corrected chi connectivity index (χ1v) is 8.95. The number of carbonyl (C=O) groups excluding carboxylic acids is 1. The third-order valence-electron chi connectivity index (χ3n) is 3.85. The van der Waals surface area contributed by atoms with Gasteiger partial charge in [0.25, 0.3) is 0 Å². The van der Waals surface area contributed by atoms with Crippen LogP contribution in [0.1, 0.15) is 13.3 Å². The maximum atomic E-state index is 12.7. The zero-order valence-electron chi connectivity index (χ0n) is 13.0. The molecule has 1 atom stereocenters. The van der Waals surface area contributed by atoms with Crippen molar-refractivity contribution in [1.29, 1.82) is 0 Å². The number of anilines is 2. The summed E-state index contributed by atoms with van der Waals surface area (Å²) >= 11 is 7.96. The maximum absolute atomic E-state index is 12.7. The van der Waals surface area contributed by atoms with E-state index < -0.39 is 0 Å². The van der Waals surface area contributed by atoms with Gasteiger partial charge in [-0.2, -0.15) is 0 Å². The standard InChI is InChI=1S/C18H19ClN2OS/c1-13-10-11-21(16-8-4-5-9-17(16)23-13)18(22)12-20-15-7-3-2-6-14(15)19/h2-9,13,20H,10-12H2,1H3. The Bertz CT molecular complexity index is 707. The summed E-state index contributed by atoms with van der Waals surface area (Å²) < 4.78 is 0. The van der Waals surface area contributed by atoms with E-state index >= 15 is 0 Å². The van der Waals surface area contributed by atoms with Crippen LogP contribution in [0.2, 0.25) is 5.02 Å². The van der Waals surface area contributed by atoms with Crippen molar-refractivity contribution in [3.05, 3.63) is 53.6 Å². The Morgan fingerprint density at radius 2 is 2.00 bits per heavy atom. The smallest absolute Gasteiger partial charge is 0.246 e. The second-order valence-corrected chi connectivity index (χ2v) is 7.45. The van der Waals surface area contributed by atoms with Gasteiger partial charge in [-0.05, 0) is 30.7 Å². The van der Waals surface area contributed by atoms with Crippen LogP contribution < -0.4 is 10.2 Å². The largest absolute Gasteiger partial charge is 0.375 e. The van der Waals surface area contributed by atoms with Gasteiger partial charge in [0.1, 0.15) is 0 Å². The first-order chi connectivity index (χ1) is 11.1. The van der Waals surface area contributed by atoms with E-state index in [-0.39, 0.29) is 12.5 Å². The van der Waals surface area contributed by atoms with E-state index in [1.54, 1.807) is 0 Å². The normalized spacial score (nSPS) is 17.3. The quantitative estimate of drug-likeness (QED) is 0.876. The third kappa shape index (κ3) is 3.82. The van der Waals surface area contributed by atoms with Gasteiger partial charge in [-0.3, -0.25) is 4.79 Å². The summed E-state index contributed by atoms with van der Waals surface area (Å²) in [5, 5.41) is 4.27. The van der Waals surface area contributed by atoms with E-state index in [4.69, 9.17) is 11.6 Å². The van der Waals surface area contributed by atoms with Crippen molar-refractivity contribution in [2.75, 3.05) is 23.3 Å². The van der Waals surface area contributed by atoms with Crippen molar-refractivity contribution in [2.24, 2.45) is 0 Å². The number of nitrogens with one attached hydrogen (secondary N) is 1. The minimum atomic E-state index is 0.0621. The van der Waals surface area contributed by atoms with Crippen LogP contribution in [0.3, 0.4) is 0 Å². The zero-order valence-corrected chi connectivity index (χ0v) is 14.5. The molecule has 1 aliphatic heterocycles. The lowest BCUT2D eigenvalue weighted by Crippen LogP contribution is -2.36. The zero-order chi connectivity index (χ0) is 16.2. The summed E-state index contributed by atoms with van der Waals surface area (Å²) in [6.45, 7) is 3.18. The van der Waals surface area contributed by atoms with Crippen molar-refractivity contribution in [3.8, 4) is 0 Å². The fraction of sp³-hybridized carbons (Fsp3) is 0.278. The molecule has 0 bridgehead atoms. The lowest BCUT2D eigenvalue weighted by molar-refractivity contribution is -0.117. The minimum absolute atomic E-state index is 0.0621. The van der Waals surface area contributed by atoms with Crippen LogP contribution in [0, 0.1) is 0 Å². The Morgan fingerprint density at radius 3 is 2.83 bits per heavy atom. The predicted octanol–water partition coefficient (Wildman–Crippen LogP) is 4.67. The second kappa shape index (κ2) is 7.28. The predicted molar refractivity (Wildman–Crippen MR) is 98.7 cm³/mol. The van der Waals surface area contributed by atoms with Crippen molar-refractivity contribution >= 4 is 40.6 Å². The van der Waals surface area contributed by atoms with Crippen LogP contribution in [0.4, 0.5) is 11.4 Å². The van der Waals surface area contributed by atoms with E-state index in [0.29, 0.717) is 10.3 Å². The number of amides is 1. The van der Waals surface area contributed by atoms with E-state index in [0.717, 1.165) is 24.3 Å². The maximum Gasteiger partial charge on any atom is 0.246 e. The van der Waals surface area contributed by atoms with Crippen LogP contribution >= 0.6 is 23.4 Å². The number of halogens is 1. The summed E-state index contributed by atoms with van der Waals surface area (Å²) in [6.07, 6.45) is 0.983. The Hall–Kier alpha value is -1.65.